The van der Waals surface area contributed by atoms with E-state index in [9.17, 15) is 0 Å². The van der Waals surface area contributed by atoms with Gasteiger partial charge in [-0.05, 0) is 17.7 Å². The molecule has 0 aliphatic rings. The van der Waals surface area contributed by atoms with Crippen LogP contribution in [0.1, 0.15) is 5.56 Å². The molecular weight excluding hydrogens is 409 g/mol. The Labute approximate surface area is 172 Å². The Hall–Kier alpha value is -2.32. The van der Waals surface area contributed by atoms with Crippen LogP contribution in [-0.2, 0) is 20.9 Å². The number of ether oxygens (including phenoxy) is 2. The molecule has 0 bridgehead atoms. The fourth-order valence-corrected chi connectivity index (χ4v) is 2.40. The van der Waals surface area contributed by atoms with Gasteiger partial charge in [0.2, 0.25) is 0 Å². The zero-order valence-electron chi connectivity index (χ0n) is 14.9. The van der Waals surface area contributed by atoms with Gasteiger partial charge < -0.3 is 25.0 Å². The van der Waals surface area contributed by atoms with E-state index >= 15 is 0 Å². The summed E-state index contributed by atoms with van der Waals surface area (Å²) in [7, 11) is 0. The van der Waals surface area contributed by atoms with E-state index in [1.807, 2.05) is 18.2 Å². The minimum atomic E-state index is -1.82. The maximum atomic E-state index is 9.10. The Morgan fingerprint density at radius 2 is 1.46 bits per heavy atom. The molecule has 28 heavy (non-hydrogen) atoms. The minimum absolute atomic E-state index is 0.419. The van der Waals surface area contributed by atoms with Crippen LogP contribution in [0, 0.1) is 0 Å². The Morgan fingerprint density at radius 3 is 2.04 bits per heavy atom. The Balaban J connectivity index is 0.000000568. The first-order valence-corrected chi connectivity index (χ1v) is 9.02. The Bertz CT molecular complexity index is 710. The lowest BCUT2D eigenvalue weighted by molar-refractivity contribution is -0.159. The van der Waals surface area contributed by atoms with Crippen molar-refractivity contribution in [2.75, 3.05) is 26.4 Å². The van der Waals surface area contributed by atoms with Crippen molar-refractivity contribution in [3.63, 3.8) is 0 Å². The number of carboxylic acid groups (broad SMARTS) is 2. The Morgan fingerprint density at radius 1 is 0.857 bits per heavy atom. The highest BCUT2D eigenvalue weighted by Crippen LogP contribution is 2.32. The van der Waals surface area contributed by atoms with Gasteiger partial charge in [-0.2, -0.15) is 0 Å². The SMILES string of the molecule is Clc1cccc(Cl)c1OCCOCCNCc1ccccc1.O=C(O)C(=O)O. The summed E-state index contributed by atoms with van der Waals surface area (Å²) >= 11 is 12.0. The summed E-state index contributed by atoms with van der Waals surface area (Å²) in [4.78, 5) is 18.2. The zero-order valence-corrected chi connectivity index (χ0v) is 16.4. The number of hydrogen-bond acceptors (Lipinski definition) is 5. The van der Waals surface area contributed by atoms with E-state index in [4.69, 9.17) is 52.5 Å². The highest BCUT2D eigenvalue weighted by atomic mass is 35.5. The van der Waals surface area contributed by atoms with Gasteiger partial charge in [-0.25, -0.2) is 9.59 Å². The molecule has 7 nitrogen and oxygen atoms in total. The van der Waals surface area contributed by atoms with Crippen molar-refractivity contribution in [2.45, 2.75) is 6.54 Å². The molecule has 0 aromatic heterocycles. The average molecular weight is 430 g/mol. The molecule has 2 rings (SSSR count). The molecule has 0 saturated carbocycles. The zero-order chi connectivity index (χ0) is 20.8. The van der Waals surface area contributed by atoms with E-state index in [0.29, 0.717) is 35.6 Å². The molecular formula is C19H21Cl2NO6. The van der Waals surface area contributed by atoms with Gasteiger partial charge in [0.1, 0.15) is 6.61 Å². The van der Waals surface area contributed by atoms with Gasteiger partial charge in [0.15, 0.2) is 5.75 Å². The third-order valence-electron chi connectivity index (χ3n) is 3.17. The van der Waals surface area contributed by atoms with E-state index in [0.717, 1.165) is 13.1 Å². The molecule has 2 aromatic carbocycles. The summed E-state index contributed by atoms with van der Waals surface area (Å²) in [6, 6.07) is 15.5. The second-order valence-electron chi connectivity index (χ2n) is 5.28. The molecule has 3 N–H and O–H groups in total. The molecule has 0 aliphatic carbocycles. The van der Waals surface area contributed by atoms with Crippen LogP contribution in [0.5, 0.6) is 5.75 Å². The maximum absolute atomic E-state index is 9.10. The van der Waals surface area contributed by atoms with Crippen molar-refractivity contribution in [3.05, 3.63) is 64.1 Å². The maximum Gasteiger partial charge on any atom is 0.414 e. The minimum Gasteiger partial charge on any atom is -0.488 e. The van der Waals surface area contributed by atoms with Crippen LogP contribution in [0.2, 0.25) is 10.0 Å². The van der Waals surface area contributed by atoms with Crippen molar-refractivity contribution in [2.24, 2.45) is 0 Å². The number of nitrogens with one attached hydrogen (secondary N) is 1. The summed E-state index contributed by atoms with van der Waals surface area (Å²) < 4.78 is 11.0. The number of carbonyl (C=O) groups is 2. The highest BCUT2D eigenvalue weighted by Gasteiger charge is 2.06. The predicted molar refractivity (Wildman–Crippen MR) is 106 cm³/mol. The summed E-state index contributed by atoms with van der Waals surface area (Å²) in [5.74, 6) is -3.14. The van der Waals surface area contributed by atoms with E-state index in [2.05, 4.69) is 17.4 Å². The van der Waals surface area contributed by atoms with E-state index in [1.54, 1.807) is 18.2 Å². The molecule has 0 amide bonds. The van der Waals surface area contributed by atoms with Gasteiger partial charge in [-0.3, -0.25) is 0 Å². The highest BCUT2D eigenvalue weighted by molar-refractivity contribution is 6.37. The predicted octanol–water partition coefficient (Wildman–Crippen LogP) is 3.33. The van der Waals surface area contributed by atoms with Crippen molar-refractivity contribution >= 4 is 35.1 Å². The second kappa shape index (κ2) is 13.8. The topological polar surface area (TPSA) is 105 Å². The van der Waals surface area contributed by atoms with Crippen molar-refractivity contribution < 1.29 is 29.3 Å². The van der Waals surface area contributed by atoms with Crippen LogP contribution in [0.4, 0.5) is 0 Å². The first kappa shape index (κ1) is 23.7. The molecule has 0 fully saturated rings. The van der Waals surface area contributed by atoms with Crippen LogP contribution < -0.4 is 10.1 Å². The average Bonchev–Trinajstić information content (AvgIpc) is 2.67. The van der Waals surface area contributed by atoms with Gasteiger partial charge in [-0.15, -0.1) is 0 Å². The normalized spacial score (nSPS) is 9.93. The lowest BCUT2D eigenvalue weighted by Gasteiger charge is -2.10. The van der Waals surface area contributed by atoms with E-state index in [-0.39, 0.29) is 0 Å². The number of rotatable bonds is 9. The number of para-hydroxylation sites is 1. The molecule has 0 heterocycles. The molecule has 152 valence electrons. The molecule has 0 spiro atoms. The van der Waals surface area contributed by atoms with Crippen LogP contribution in [-0.4, -0.2) is 48.5 Å². The number of aliphatic carboxylic acids is 2. The van der Waals surface area contributed by atoms with Gasteiger partial charge >= 0.3 is 11.9 Å². The standard InChI is InChI=1S/C17H19Cl2NO2.C2H2O4/c18-15-7-4-8-16(19)17(15)22-12-11-21-10-9-20-13-14-5-2-1-3-6-14;3-1(4)2(5)6/h1-8,20H,9-13H2;(H,3,4)(H,5,6). The smallest absolute Gasteiger partial charge is 0.414 e. The number of hydrogen-bond donors (Lipinski definition) is 3. The first-order chi connectivity index (χ1) is 13.4. The van der Waals surface area contributed by atoms with Gasteiger partial charge in [0, 0.05) is 13.1 Å². The molecule has 9 heteroatoms. The molecule has 0 aliphatic heterocycles. The summed E-state index contributed by atoms with van der Waals surface area (Å²) in [5.41, 5.74) is 1.26. The van der Waals surface area contributed by atoms with Crippen molar-refractivity contribution in [3.8, 4) is 5.75 Å². The summed E-state index contributed by atoms with van der Waals surface area (Å²) in [6.45, 7) is 3.18. The van der Waals surface area contributed by atoms with E-state index < -0.39 is 11.9 Å². The van der Waals surface area contributed by atoms with Crippen LogP contribution in [0.15, 0.2) is 48.5 Å². The lowest BCUT2D eigenvalue weighted by atomic mass is 10.2. The monoisotopic (exact) mass is 429 g/mol. The molecule has 0 unspecified atom stereocenters. The largest absolute Gasteiger partial charge is 0.488 e. The van der Waals surface area contributed by atoms with Crippen molar-refractivity contribution in [1.29, 1.82) is 0 Å². The van der Waals surface area contributed by atoms with Crippen LogP contribution in [0.3, 0.4) is 0 Å². The first-order valence-electron chi connectivity index (χ1n) is 8.27. The third kappa shape index (κ3) is 10.1. The van der Waals surface area contributed by atoms with Gasteiger partial charge in [0.05, 0.1) is 23.3 Å². The van der Waals surface area contributed by atoms with Crippen molar-refractivity contribution in [1.82, 2.24) is 5.32 Å². The van der Waals surface area contributed by atoms with Gasteiger partial charge in [-0.1, -0.05) is 59.6 Å². The van der Waals surface area contributed by atoms with E-state index in [1.165, 1.54) is 5.56 Å². The third-order valence-corrected chi connectivity index (χ3v) is 3.77. The number of carboxylic acids is 2. The Kier molecular flexibility index (Phi) is 11.7. The molecule has 0 radical (unpaired) electrons. The van der Waals surface area contributed by atoms with Gasteiger partial charge in [0.25, 0.3) is 0 Å². The fraction of sp³-hybridized carbons (Fsp3) is 0.263. The second-order valence-corrected chi connectivity index (χ2v) is 6.10. The summed E-state index contributed by atoms with van der Waals surface area (Å²) in [5, 5.41) is 19.1. The lowest BCUT2D eigenvalue weighted by Crippen LogP contribution is -2.20. The quantitative estimate of drug-likeness (QED) is 0.414. The fourth-order valence-electron chi connectivity index (χ4n) is 1.90. The summed E-state index contributed by atoms with van der Waals surface area (Å²) in [6.07, 6.45) is 0. The number of benzene rings is 2. The van der Waals surface area contributed by atoms with Crippen LogP contribution in [0.25, 0.3) is 0 Å². The molecule has 2 aromatic rings. The number of halogens is 2. The van der Waals surface area contributed by atoms with Crippen LogP contribution >= 0.6 is 23.2 Å². The molecule has 0 saturated heterocycles. The molecule has 0 atom stereocenters.